The van der Waals surface area contributed by atoms with E-state index in [0.717, 1.165) is 11.1 Å². The molecule has 0 aliphatic rings. The molecule has 0 saturated carbocycles. The van der Waals surface area contributed by atoms with E-state index in [1.54, 1.807) is 19.1 Å². The third-order valence-electron chi connectivity index (χ3n) is 3.74. The van der Waals surface area contributed by atoms with E-state index in [1.807, 2.05) is 49.4 Å². The summed E-state index contributed by atoms with van der Waals surface area (Å²) in [5.41, 5.74) is 2.27. The molecule has 2 amide bonds. The molecule has 0 spiro atoms. The maximum Gasteiger partial charge on any atom is 0.313 e. The van der Waals surface area contributed by atoms with E-state index in [4.69, 9.17) is 0 Å². The van der Waals surface area contributed by atoms with Crippen LogP contribution in [0.3, 0.4) is 0 Å². The number of aryl methyl sites for hydroxylation is 1. The number of carbonyl (C=O) groups is 2. The minimum absolute atomic E-state index is 0.327. The number of para-hydroxylation sites is 1. The molecule has 3 N–H and O–H groups in total. The molecule has 0 bridgehead atoms. The van der Waals surface area contributed by atoms with Gasteiger partial charge in [-0.15, -0.1) is 0 Å². The normalized spacial score (nSPS) is 13.0. The first-order valence-corrected chi connectivity index (χ1v) is 7.88. The lowest BCUT2D eigenvalue weighted by Gasteiger charge is -2.18. The van der Waals surface area contributed by atoms with Gasteiger partial charge >= 0.3 is 11.8 Å². The van der Waals surface area contributed by atoms with Crippen LogP contribution >= 0.6 is 0 Å². The van der Waals surface area contributed by atoms with Gasteiger partial charge in [0.15, 0.2) is 0 Å². The third kappa shape index (κ3) is 4.93. The SMILES string of the molecule is Cc1ccccc1NC(=O)C(=O)NC(C)CC(O)c1ccccc1. The van der Waals surface area contributed by atoms with Crippen molar-refractivity contribution in [3.63, 3.8) is 0 Å². The Morgan fingerprint density at radius 3 is 2.29 bits per heavy atom. The number of aliphatic hydroxyl groups is 1. The van der Waals surface area contributed by atoms with Crippen LogP contribution in [-0.4, -0.2) is 23.0 Å². The topological polar surface area (TPSA) is 78.4 Å². The summed E-state index contributed by atoms with van der Waals surface area (Å²) in [6, 6.07) is 16.1. The van der Waals surface area contributed by atoms with Crippen LogP contribution in [0.5, 0.6) is 0 Å². The zero-order valence-corrected chi connectivity index (χ0v) is 13.8. The molecule has 0 aliphatic heterocycles. The fraction of sp³-hybridized carbons (Fsp3) is 0.263. The molecule has 0 heterocycles. The summed E-state index contributed by atoms with van der Waals surface area (Å²) in [5.74, 6) is -1.43. The highest BCUT2D eigenvalue weighted by atomic mass is 16.3. The maximum absolute atomic E-state index is 12.0. The van der Waals surface area contributed by atoms with Crippen LogP contribution in [0.4, 0.5) is 5.69 Å². The Morgan fingerprint density at radius 2 is 1.62 bits per heavy atom. The van der Waals surface area contributed by atoms with Crippen molar-refractivity contribution in [1.29, 1.82) is 0 Å². The van der Waals surface area contributed by atoms with Crippen LogP contribution < -0.4 is 10.6 Å². The fourth-order valence-corrected chi connectivity index (χ4v) is 2.39. The zero-order chi connectivity index (χ0) is 17.5. The van der Waals surface area contributed by atoms with Gasteiger partial charge in [0, 0.05) is 11.7 Å². The molecule has 2 aromatic rings. The second-order valence-electron chi connectivity index (χ2n) is 5.81. The van der Waals surface area contributed by atoms with E-state index >= 15 is 0 Å². The molecule has 0 saturated heterocycles. The molecule has 2 rings (SSSR count). The van der Waals surface area contributed by atoms with Gasteiger partial charge in [-0.25, -0.2) is 0 Å². The summed E-state index contributed by atoms with van der Waals surface area (Å²) in [7, 11) is 0. The number of benzene rings is 2. The Kier molecular flexibility index (Phi) is 6.09. The monoisotopic (exact) mass is 326 g/mol. The number of rotatable bonds is 5. The number of carbonyl (C=O) groups excluding carboxylic acids is 2. The lowest BCUT2D eigenvalue weighted by atomic mass is 10.0. The van der Waals surface area contributed by atoms with E-state index in [0.29, 0.717) is 12.1 Å². The molecule has 0 aliphatic carbocycles. The van der Waals surface area contributed by atoms with Crippen molar-refractivity contribution < 1.29 is 14.7 Å². The molecule has 5 heteroatoms. The van der Waals surface area contributed by atoms with E-state index in [-0.39, 0.29) is 6.04 Å². The maximum atomic E-state index is 12.0. The molecule has 2 aromatic carbocycles. The van der Waals surface area contributed by atoms with Crippen molar-refractivity contribution in [3.05, 3.63) is 65.7 Å². The number of hydrogen-bond donors (Lipinski definition) is 3. The predicted molar refractivity (Wildman–Crippen MR) is 93.4 cm³/mol. The summed E-state index contributed by atoms with van der Waals surface area (Å²) in [4.78, 5) is 24.0. The van der Waals surface area contributed by atoms with E-state index in [2.05, 4.69) is 10.6 Å². The van der Waals surface area contributed by atoms with Gasteiger partial charge in [-0.1, -0.05) is 48.5 Å². The summed E-state index contributed by atoms with van der Waals surface area (Å²) in [6.45, 7) is 3.61. The molecule has 24 heavy (non-hydrogen) atoms. The molecule has 0 fully saturated rings. The van der Waals surface area contributed by atoms with E-state index < -0.39 is 17.9 Å². The highest BCUT2D eigenvalue weighted by molar-refractivity contribution is 6.39. The van der Waals surface area contributed by atoms with Gasteiger partial charge in [0.25, 0.3) is 0 Å². The number of amides is 2. The minimum atomic E-state index is -0.717. The number of anilines is 1. The largest absolute Gasteiger partial charge is 0.388 e. The van der Waals surface area contributed by atoms with Crippen molar-refractivity contribution in [2.45, 2.75) is 32.4 Å². The Morgan fingerprint density at radius 1 is 1.00 bits per heavy atom. The minimum Gasteiger partial charge on any atom is -0.388 e. The Balaban J connectivity index is 1.87. The Hall–Kier alpha value is -2.66. The summed E-state index contributed by atoms with van der Waals surface area (Å²) in [5, 5.41) is 15.4. The molecule has 126 valence electrons. The second-order valence-corrected chi connectivity index (χ2v) is 5.81. The van der Waals surface area contributed by atoms with Gasteiger partial charge < -0.3 is 15.7 Å². The molecule has 0 aromatic heterocycles. The quantitative estimate of drug-likeness (QED) is 0.739. The van der Waals surface area contributed by atoms with E-state index in [1.165, 1.54) is 0 Å². The highest BCUT2D eigenvalue weighted by Crippen LogP contribution is 2.17. The lowest BCUT2D eigenvalue weighted by molar-refractivity contribution is -0.136. The van der Waals surface area contributed by atoms with Crippen LogP contribution in [-0.2, 0) is 9.59 Å². The second kappa shape index (κ2) is 8.26. The number of hydrogen-bond acceptors (Lipinski definition) is 3. The smallest absolute Gasteiger partial charge is 0.313 e. The summed E-state index contributed by atoms with van der Waals surface area (Å²) >= 11 is 0. The summed E-state index contributed by atoms with van der Waals surface area (Å²) in [6.07, 6.45) is -0.367. The van der Waals surface area contributed by atoms with Crippen LogP contribution in [0, 0.1) is 6.92 Å². The molecular formula is C19H22N2O3. The molecule has 5 nitrogen and oxygen atoms in total. The average Bonchev–Trinajstić information content (AvgIpc) is 2.57. The van der Waals surface area contributed by atoms with Crippen LogP contribution in [0.25, 0.3) is 0 Å². The lowest BCUT2D eigenvalue weighted by Crippen LogP contribution is -2.41. The fourth-order valence-electron chi connectivity index (χ4n) is 2.39. The van der Waals surface area contributed by atoms with E-state index in [9.17, 15) is 14.7 Å². The van der Waals surface area contributed by atoms with Crippen molar-refractivity contribution in [3.8, 4) is 0 Å². The molecule has 2 atom stereocenters. The highest BCUT2D eigenvalue weighted by Gasteiger charge is 2.19. The number of aliphatic hydroxyl groups excluding tert-OH is 1. The van der Waals surface area contributed by atoms with Gasteiger partial charge in [0.05, 0.1) is 6.10 Å². The Bertz CT molecular complexity index is 701. The van der Waals surface area contributed by atoms with Gasteiger partial charge in [0.1, 0.15) is 0 Å². The first-order chi connectivity index (χ1) is 11.5. The van der Waals surface area contributed by atoms with Crippen LogP contribution in [0.15, 0.2) is 54.6 Å². The van der Waals surface area contributed by atoms with Crippen molar-refractivity contribution in [2.75, 3.05) is 5.32 Å². The molecule has 2 unspecified atom stereocenters. The molecular weight excluding hydrogens is 304 g/mol. The summed E-state index contributed by atoms with van der Waals surface area (Å²) < 4.78 is 0. The van der Waals surface area contributed by atoms with Gasteiger partial charge in [-0.2, -0.15) is 0 Å². The first-order valence-electron chi connectivity index (χ1n) is 7.88. The van der Waals surface area contributed by atoms with Crippen LogP contribution in [0.2, 0.25) is 0 Å². The predicted octanol–water partition coefficient (Wildman–Crippen LogP) is 2.56. The Labute approximate surface area is 141 Å². The van der Waals surface area contributed by atoms with Gasteiger partial charge in [0.2, 0.25) is 0 Å². The van der Waals surface area contributed by atoms with Crippen LogP contribution in [0.1, 0.15) is 30.6 Å². The van der Waals surface area contributed by atoms with Gasteiger partial charge in [-0.3, -0.25) is 9.59 Å². The first kappa shape index (κ1) is 17.7. The zero-order valence-electron chi connectivity index (χ0n) is 13.8. The van der Waals surface area contributed by atoms with Gasteiger partial charge in [-0.05, 0) is 37.5 Å². The standard InChI is InChI=1S/C19H22N2O3/c1-13-8-6-7-11-16(13)21-19(24)18(23)20-14(2)12-17(22)15-9-4-3-5-10-15/h3-11,14,17,22H,12H2,1-2H3,(H,20,23)(H,21,24). The molecule has 0 radical (unpaired) electrons. The number of nitrogens with one attached hydrogen (secondary N) is 2. The average molecular weight is 326 g/mol. The van der Waals surface area contributed by atoms with Crippen molar-refractivity contribution in [1.82, 2.24) is 5.32 Å². The van der Waals surface area contributed by atoms with Crippen molar-refractivity contribution >= 4 is 17.5 Å². The third-order valence-corrected chi connectivity index (χ3v) is 3.74. The van der Waals surface area contributed by atoms with Crippen molar-refractivity contribution in [2.24, 2.45) is 0 Å².